The number of anilines is 1. The number of hydrogen-bond donors (Lipinski definition) is 1. The van der Waals surface area contributed by atoms with Crippen molar-refractivity contribution in [3.63, 3.8) is 0 Å². The van der Waals surface area contributed by atoms with E-state index in [9.17, 15) is 13.6 Å². The Morgan fingerprint density at radius 2 is 2.14 bits per heavy atom. The number of hydrogen-bond acceptors (Lipinski definition) is 7. The van der Waals surface area contributed by atoms with E-state index in [1.807, 2.05) is 24.1 Å². The summed E-state index contributed by atoms with van der Waals surface area (Å²) in [7, 11) is 0. The fraction of sp³-hybridized carbons (Fsp3) is 0.542. The number of ether oxygens (including phenoxy) is 1. The fourth-order valence-electron chi connectivity index (χ4n) is 5.12. The largest absolute Gasteiger partial charge is 0.363 e. The molecule has 3 aliphatic heterocycles. The van der Waals surface area contributed by atoms with Crippen LogP contribution in [0.2, 0.25) is 4.34 Å². The van der Waals surface area contributed by atoms with E-state index in [1.54, 1.807) is 6.20 Å². The van der Waals surface area contributed by atoms with E-state index in [-0.39, 0.29) is 17.4 Å². The molecule has 1 atom stereocenters. The van der Waals surface area contributed by atoms with Crippen molar-refractivity contribution < 1.29 is 18.3 Å². The van der Waals surface area contributed by atoms with Gasteiger partial charge in [-0.1, -0.05) is 17.7 Å². The van der Waals surface area contributed by atoms with Gasteiger partial charge in [0, 0.05) is 66.9 Å². The van der Waals surface area contributed by atoms with Crippen LogP contribution >= 0.6 is 22.9 Å². The van der Waals surface area contributed by atoms with Gasteiger partial charge in [-0.25, -0.2) is 9.99 Å². The number of halogens is 3. The lowest BCUT2D eigenvalue weighted by molar-refractivity contribution is -0.181. The molecule has 1 fully saturated rings. The van der Waals surface area contributed by atoms with E-state index < -0.39 is 18.1 Å². The number of carbonyl (C=O) groups excluding carboxylic acids is 1. The molecule has 1 N–H and O–H groups in total. The molecule has 0 aromatic carbocycles. The zero-order valence-electron chi connectivity index (χ0n) is 19.7. The Labute approximate surface area is 212 Å². The smallest absolute Gasteiger partial charge is 0.297 e. The number of carbonyl (C=O) groups is 1. The first-order valence-corrected chi connectivity index (χ1v) is 12.9. The van der Waals surface area contributed by atoms with Gasteiger partial charge in [0.2, 0.25) is 5.91 Å². The topological polar surface area (TPSA) is 70.1 Å². The lowest BCUT2D eigenvalue weighted by atomic mass is 9.84. The minimum atomic E-state index is -2.99. The molecule has 2 aromatic heterocycles. The Balaban J connectivity index is 1.23. The molecule has 11 heteroatoms. The molecule has 1 unspecified atom stereocenters. The van der Waals surface area contributed by atoms with E-state index in [4.69, 9.17) is 21.4 Å². The monoisotopic (exact) mass is 523 g/mol. The highest BCUT2D eigenvalue weighted by atomic mass is 35.5. The van der Waals surface area contributed by atoms with Crippen LogP contribution in [0.3, 0.4) is 0 Å². The van der Waals surface area contributed by atoms with Crippen molar-refractivity contribution >= 4 is 40.4 Å². The Kier molecular flexibility index (Phi) is 6.58. The molecule has 5 heterocycles. The molecule has 2 aromatic rings. The average Bonchev–Trinajstić information content (AvgIpc) is 3.41. The van der Waals surface area contributed by atoms with Gasteiger partial charge in [0.25, 0.3) is 5.92 Å². The quantitative estimate of drug-likeness (QED) is 0.630. The third kappa shape index (κ3) is 4.81. The second-order valence-electron chi connectivity index (χ2n) is 9.50. The Hall–Kier alpha value is -2.14. The molecule has 1 saturated heterocycles. The zero-order valence-corrected chi connectivity index (χ0v) is 21.3. The lowest BCUT2D eigenvalue weighted by Crippen LogP contribution is -2.50. The molecular weight excluding hydrogens is 496 g/mol. The molecule has 0 aliphatic carbocycles. The minimum absolute atomic E-state index is 0.0343. The summed E-state index contributed by atoms with van der Waals surface area (Å²) >= 11 is 7.35. The molecule has 1 amide bonds. The van der Waals surface area contributed by atoms with E-state index >= 15 is 0 Å². The first-order chi connectivity index (χ1) is 16.7. The highest BCUT2D eigenvalue weighted by Gasteiger charge is 2.51. The first kappa shape index (κ1) is 24.5. The van der Waals surface area contributed by atoms with Crippen LogP contribution in [0.1, 0.15) is 42.7 Å². The predicted octanol–water partition coefficient (Wildman–Crippen LogP) is 4.36. The number of thiophene rings is 1. The summed E-state index contributed by atoms with van der Waals surface area (Å²) in [5.41, 5.74) is 1.30. The summed E-state index contributed by atoms with van der Waals surface area (Å²) in [5.74, 6) is -2.11. The van der Waals surface area contributed by atoms with Crippen LogP contribution in [0.5, 0.6) is 0 Å². The van der Waals surface area contributed by atoms with Crippen molar-refractivity contribution in [3.05, 3.63) is 44.7 Å². The number of hydrazone groups is 1. The minimum Gasteiger partial charge on any atom is -0.363 e. The normalized spacial score (nSPS) is 23.3. The molecule has 7 nitrogen and oxygen atoms in total. The number of alkyl halides is 2. The molecule has 35 heavy (non-hydrogen) atoms. The molecule has 0 bridgehead atoms. The molecule has 3 aliphatic rings. The van der Waals surface area contributed by atoms with Gasteiger partial charge in [-0.15, -0.1) is 11.3 Å². The summed E-state index contributed by atoms with van der Waals surface area (Å²) < 4.78 is 35.0. The number of nitrogens with one attached hydrogen (secondary N) is 1. The number of aromatic nitrogens is 1. The van der Waals surface area contributed by atoms with Crippen molar-refractivity contribution in [1.82, 2.24) is 15.2 Å². The van der Waals surface area contributed by atoms with Crippen LogP contribution < -0.4 is 10.3 Å². The number of amides is 1. The van der Waals surface area contributed by atoms with E-state index in [0.29, 0.717) is 35.1 Å². The standard InChI is InChI=1S/C24H28ClF2N5O2S/c1-15-18(13-32(30-15)22-17(4-3-7-28-22)11-29-16(2)33)12-31-8-5-23(6-9-31)21-19(10-20(25)35-21)24(26,27)14-34-23/h3-4,7,10,18H,5-6,8-9,11-14H2,1-2H3,(H,29,33). The number of nitrogens with zero attached hydrogens (tertiary/aromatic N) is 4. The van der Waals surface area contributed by atoms with Gasteiger partial charge in [0.05, 0.1) is 10.9 Å². The number of pyridine rings is 1. The summed E-state index contributed by atoms with van der Waals surface area (Å²) in [6.07, 6.45) is 3.04. The lowest BCUT2D eigenvalue weighted by Gasteiger charge is -2.45. The van der Waals surface area contributed by atoms with Crippen LogP contribution in [0.15, 0.2) is 29.5 Å². The van der Waals surface area contributed by atoms with Gasteiger partial charge in [0.15, 0.2) is 5.82 Å². The summed E-state index contributed by atoms with van der Waals surface area (Å²) in [6, 6.07) is 5.20. The third-order valence-corrected chi connectivity index (χ3v) is 8.53. The van der Waals surface area contributed by atoms with Gasteiger partial charge < -0.3 is 15.0 Å². The predicted molar refractivity (Wildman–Crippen MR) is 132 cm³/mol. The number of piperidine rings is 1. The Morgan fingerprint density at radius 1 is 1.37 bits per heavy atom. The Morgan fingerprint density at radius 3 is 2.89 bits per heavy atom. The molecule has 188 valence electrons. The third-order valence-electron chi connectivity index (χ3n) is 7.08. The summed E-state index contributed by atoms with van der Waals surface area (Å²) in [4.78, 5) is 18.8. The SMILES string of the molecule is CC(=O)NCc1cccnc1N1CC(CN2CCC3(CC2)OCC(F)(F)c2cc(Cl)sc23)C(C)=N1. The molecule has 1 spiro atoms. The van der Waals surface area contributed by atoms with Gasteiger partial charge in [0.1, 0.15) is 12.2 Å². The average molecular weight is 524 g/mol. The maximum Gasteiger partial charge on any atom is 0.297 e. The van der Waals surface area contributed by atoms with Crippen LogP contribution in [0.25, 0.3) is 0 Å². The van der Waals surface area contributed by atoms with Crippen molar-refractivity contribution in [1.29, 1.82) is 0 Å². The molecule has 5 rings (SSSR count). The summed E-state index contributed by atoms with van der Waals surface area (Å²) in [6.45, 7) is 6.35. The highest BCUT2D eigenvalue weighted by Crippen LogP contribution is 2.52. The Bertz CT molecular complexity index is 1150. The highest BCUT2D eigenvalue weighted by molar-refractivity contribution is 7.16. The van der Waals surface area contributed by atoms with Crippen LogP contribution in [0.4, 0.5) is 14.6 Å². The summed E-state index contributed by atoms with van der Waals surface area (Å²) in [5, 5.41) is 9.49. The molecule has 0 saturated carbocycles. The van der Waals surface area contributed by atoms with E-state index in [2.05, 4.69) is 15.2 Å². The molecule has 0 radical (unpaired) electrons. The number of rotatable bonds is 5. The van der Waals surface area contributed by atoms with E-state index in [0.717, 1.165) is 36.7 Å². The van der Waals surface area contributed by atoms with Gasteiger partial charge >= 0.3 is 0 Å². The number of fused-ring (bicyclic) bond motifs is 2. The van der Waals surface area contributed by atoms with E-state index in [1.165, 1.54) is 24.3 Å². The number of likely N-dealkylation sites (tertiary alicyclic amines) is 1. The second-order valence-corrected chi connectivity index (χ2v) is 11.2. The van der Waals surface area contributed by atoms with Gasteiger partial charge in [-0.2, -0.15) is 13.9 Å². The van der Waals surface area contributed by atoms with Crippen molar-refractivity contribution in [2.75, 3.05) is 37.8 Å². The van der Waals surface area contributed by atoms with Crippen LogP contribution in [-0.4, -0.2) is 54.3 Å². The first-order valence-electron chi connectivity index (χ1n) is 11.7. The van der Waals surface area contributed by atoms with Crippen LogP contribution in [-0.2, 0) is 27.6 Å². The van der Waals surface area contributed by atoms with Crippen molar-refractivity contribution in [2.45, 2.75) is 44.8 Å². The van der Waals surface area contributed by atoms with Gasteiger partial charge in [-0.05, 0) is 31.9 Å². The van der Waals surface area contributed by atoms with Crippen LogP contribution in [0, 0.1) is 5.92 Å². The fourth-order valence-corrected chi connectivity index (χ4v) is 6.60. The zero-order chi connectivity index (χ0) is 24.8. The molecular formula is C24H28ClF2N5O2S. The second kappa shape index (κ2) is 9.38. The maximum atomic E-state index is 14.4. The maximum absolute atomic E-state index is 14.4. The van der Waals surface area contributed by atoms with Gasteiger partial charge in [-0.3, -0.25) is 4.79 Å². The van der Waals surface area contributed by atoms with Crippen molar-refractivity contribution in [2.24, 2.45) is 11.0 Å². The van der Waals surface area contributed by atoms with Crippen molar-refractivity contribution in [3.8, 4) is 0 Å².